The number of rotatable bonds is 2. The SMILES string of the molecule is O=C1N(C2CC3(CCOCC3)N(O)C3(CCOCC3)C2)CC(O)CN1C1CC2(CCOCC2)N(O)C2(CCOCC2)C1. The Morgan fingerprint density at radius 2 is 0.786 bits per heavy atom. The normalized spacial score (nSPS) is 37.1. The van der Waals surface area contributed by atoms with Gasteiger partial charge in [0.05, 0.1) is 41.3 Å². The van der Waals surface area contributed by atoms with Crippen LogP contribution in [0.3, 0.4) is 0 Å². The van der Waals surface area contributed by atoms with Crippen molar-refractivity contribution >= 4 is 6.03 Å². The molecule has 3 N–H and O–H groups in total. The maximum atomic E-state index is 14.6. The molecule has 7 saturated heterocycles. The highest BCUT2D eigenvalue weighted by Crippen LogP contribution is 2.51. The van der Waals surface area contributed by atoms with E-state index in [1.807, 2.05) is 9.80 Å². The number of β-amino-alcohol motifs (C(OH)–C–C–N with tert-alkyl or cyclic N) is 1. The van der Waals surface area contributed by atoms with E-state index in [0.29, 0.717) is 91.6 Å². The fourth-order valence-corrected chi connectivity index (χ4v) is 9.80. The lowest BCUT2D eigenvalue weighted by atomic mass is 9.68. The number of aliphatic hydroxyl groups is 1. The van der Waals surface area contributed by atoms with Crippen molar-refractivity contribution in [2.24, 2.45) is 0 Å². The van der Waals surface area contributed by atoms with E-state index in [-0.39, 0.29) is 18.1 Å². The second-order valence-corrected chi connectivity index (χ2v) is 14.3. The Balaban J connectivity index is 1.19. The summed E-state index contributed by atoms with van der Waals surface area (Å²) in [5, 5.41) is 38.2. The minimum Gasteiger partial charge on any atom is -0.389 e. The zero-order valence-electron chi connectivity index (χ0n) is 25.0. The number of hydrogen-bond acceptors (Lipinski definition) is 10. The molecule has 0 radical (unpaired) electrons. The summed E-state index contributed by atoms with van der Waals surface area (Å²) in [4.78, 5) is 18.5. The number of ether oxygens (including phenoxy) is 4. The van der Waals surface area contributed by atoms with Crippen LogP contribution in [0.15, 0.2) is 0 Å². The standard InChI is InChI=1S/C30H50N4O8/c35-25-21-31(23-17-27(1-9-39-10-2-27)33(37)28(18-23)3-11-40-12-4-28)26(36)32(22-25)24-19-29(5-13-41-14-6-29)34(38)30(20-24)7-15-42-16-8-30/h23-25,35,37-38H,1-22H2. The number of amides is 2. The first kappa shape index (κ1) is 29.6. The van der Waals surface area contributed by atoms with E-state index < -0.39 is 28.3 Å². The minimum atomic E-state index is -0.658. The molecule has 7 aliphatic heterocycles. The van der Waals surface area contributed by atoms with E-state index in [0.717, 1.165) is 51.4 Å². The van der Waals surface area contributed by atoms with Gasteiger partial charge in [-0.15, -0.1) is 0 Å². The van der Waals surface area contributed by atoms with Crippen LogP contribution in [0.1, 0.15) is 77.0 Å². The second-order valence-electron chi connectivity index (χ2n) is 14.3. The zero-order chi connectivity index (χ0) is 29.0. The van der Waals surface area contributed by atoms with Crippen LogP contribution in [0.4, 0.5) is 4.79 Å². The fraction of sp³-hybridized carbons (Fsp3) is 0.967. The van der Waals surface area contributed by atoms with E-state index in [4.69, 9.17) is 18.9 Å². The molecule has 7 rings (SSSR count). The van der Waals surface area contributed by atoms with Crippen LogP contribution in [0.2, 0.25) is 0 Å². The van der Waals surface area contributed by atoms with Gasteiger partial charge < -0.3 is 44.3 Å². The molecule has 12 heteroatoms. The Bertz CT molecular complexity index is 846. The van der Waals surface area contributed by atoms with E-state index in [9.17, 15) is 20.3 Å². The average molecular weight is 595 g/mol. The van der Waals surface area contributed by atoms with Gasteiger partial charge in [-0.25, -0.2) is 4.79 Å². The van der Waals surface area contributed by atoms with Gasteiger partial charge in [-0.3, -0.25) is 0 Å². The number of urea groups is 1. The maximum Gasteiger partial charge on any atom is 0.320 e. The van der Waals surface area contributed by atoms with E-state index in [1.54, 1.807) is 10.1 Å². The lowest BCUT2D eigenvalue weighted by Crippen LogP contribution is -2.73. The van der Waals surface area contributed by atoms with Gasteiger partial charge in [0.15, 0.2) is 0 Å². The van der Waals surface area contributed by atoms with Gasteiger partial charge in [-0.1, -0.05) is 0 Å². The molecular weight excluding hydrogens is 544 g/mol. The van der Waals surface area contributed by atoms with Crippen molar-refractivity contribution in [3.05, 3.63) is 0 Å². The summed E-state index contributed by atoms with van der Waals surface area (Å²) in [6.45, 7) is 5.36. The Kier molecular flexibility index (Phi) is 8.01. The van der Waals surface area contributed by atoms with E-state index in [2.05, 4.69) is 0 Å². The van der Waals surface area contributed by atoms with E-state index >= 15 is 0 Å². The van der Waals surface area contributed by atoms with Crippen molar-refractivity contribution < 1.29 is 39.3 Å². The molecule has 2 amide bonds. The van der Waals surface area contributed by atoms with Gasteiger partial charge >= 0.3 is 6.03 Å². The summed E-state index contributed by atoms with van der Waals surface area (Å²) in [7, 11) is 0. The molecule has 0 aromatic rings. The lowest BCUT2D eigenvalue weighted by Gasteiger charge is -2.62. The summed E-state index contributed by atoms with van der Waals surface area (Å²) < 4.78 is 22.9. The van der Waals surface area contributed by atoms with Crippen LogP contribution in [-0.2, 0) is 18.9 Å². The fourth-order valence-electron chi connectivity index (χ4n) is 9.80. The zero-order valence-corrected chi connectivity index (χ0v) is 25.0. The lowest BCUT2D eigenvalue weighted by molar-refractivity contribution is -0.302. The number of piperidine rings is 2. The molecule has 0 atom stereocenters. The maximum absolute atomic E-state index is 14.6. The molecule has 0 aromatic heterocycles. The Labute approximate surface area is 248 Å². The number of nitrogens with zero attached hydrogens (tertiary/aromatic N) is 4. The number of hydroxylamine groups is 4. The molecule has 7 heterocycles. The molecular formula is C30H50N4O8. The molecule has 0 aromatic carbocycles. The van der Waals surface area contributed by atoms with Crippen LogP contribution < -0.4 is 0 Å². The van der Waals surface area contributed by atoms with Crippen molar-refractivity contribution in [3.63, 3.8) is 0 Å². The molecule has 12 nitrogen and oxygen atoms in total. The molecule has 7 fully saturated rings. The van der Waals surface area contributed by atoms with Crippen LogP contribution >= 0.6 is 0 Å². The average Bonchev–Trinajstić information content (AvgIpc) is 3.01. The Hall–Kier alpha value is -1.09. The number of aliphatic hydroxyl groups excluding tert-OH is 1. The molecule has 0 aliphatic carbocycles. The molecule has 0 bridgehead atoms. The smallest absolute Gasteiger partial charge is 0.320 e. The van der Waals surface area contributed by atoms with Crippen molar-refractivity contribution in [2.45, 2.75) is 117 Å². The molecule has 0 unspecified atom stereocenters. The minimum absolute atomic E-state index is 0.0121. The summed E-state index contributed by atoms with van der Waals surface area (Å²) in [6.07, 6.45) is 7.79. The summed E-state index contributed by atoms with van der Waals surface area (Å²) in [6, 6.07) is -0.204. The van der Waals surface area contributed by atoms with Gasteiger partial charge in [0.1, 0.15) is 0 Å². The number of carbonyl (C=O) groups is 1. The van der Waals surface area contributed by atoms with Crippen molar-refractivity contribution in [3.8, 4) is 0 Å². The second kappa shape index (κ2) is 11.4. The van der Waals surface area contributed by atoms with Crippen LogP contribution in [0, 0.1) is 0 Å². The van der Waals surface area contributed by atoms with Crippen molar-refractivity contribution in [1.82, 2.24) is 19.9 Å². The first-order chi connectivity index (χ1) is 20.3. The first-order valence-corrected chi connectivity index (χ1v) is 16.4. The third-order valence-electron chi connectivity index (χ3n) is 12.1. The van der Waals surface area contributed by atoms with Crippen LogP contribution in [0.25, 0.3) is 0 Å². The molecule has 7 aliphatic rings. The number of carbonyl (C=O) groups excluding carboxylic acids is 1. The largest absolute Gasteiger partial charge is 0.389 e. The Morgan fingerprint density at radius 3 is 1.05 bits per heavy atom. The third-order valence-corrected chi connectivity index (χ3v) is 12.1. The van der Waals surface area contributed by atoms with E-state index in [1.165, 1.54) is 0 Å². The molecule has 42 heavy (non-hydrogen) atoms. The monoisotopic (exact) mass is 594 g/mol. The van der Waals surface area contributed by atoms with Gasteiger partial charge in [-0.2, -0.15) is 10.1 Å². The molecule has 0 saturated carbocycles. The molecule has 238 valence electrons. The predicted octanol–water partition coefficient (Wildman–Crippen LogP) is 1.99. The van der Waals surface area contributed by atoms with Crippen molar-refractivity contribution in [1.29, 1.82) is 0 Å². The predicted molar refractivity (Wildman–Crippen MR) is 149 cm³/mol. The quantitative estimate of drug-likeness (QED) is 0.437. The van der Waals surface area contributed by atoms with Crippen molar-refractivity contribution in [2.75, 3.05) is 65.9 Å². The number of hydrogen-bond donors (Lipinski definition) is 3. The van der Waals surface area contributed by atoms with Gasteiger partial charge in [0.2, 0.25) is 0 Å². The Morgan fingerprint density at radius 1 is 0.524 bits per heavy atom. The van der Waals surface area contributed by atoms with Crippen LogP contribution in [-0.4, -0.2) is 148 Å². The van der Waals surface area contributed by atoms with Gasteiger partial charge in [0, 0.05) is 64.9 Å². The molecule has 4 spiro atoms. The summed E-state index contributed by atoms with van der Waals surface area (Å²) >= 11 is 0. The van der Waals surface area contributed by atoms with Crippen LogP contribution in [0.5, 0.6) is 0 Å². The third kappa shape index (κ3) is 4.89. The van der Waals surface area contributed by atoms with Gasteiger partial charge in [0.25, 0.3) is 0 Å². The highest BCUT2D eigenvalue weighted by atomic mass is 16.5. The summed E-state index contributed by atoms with van der Waals surface area (Å²) in [5.41, 5.74) is -1.81. The first-order valence-electron chi connectivity index (χ1n) is 16.4. The van der Waals surface area contributed by atoms with Gasteiger partial charge in [-0.05, 0) is 77.0 Å². The highest BCUT2D eigenvalue weighted by molar-refractivity contribution is 5.76. The topological polar surface area (TPSA) is 128 Å². The summed E-state index contributed by atoms with van der Waals surface area (Å²) in [5.74, 6) is 0. The highest BCUT2D eigenvalue weighted by Gasteiger charge is 2.60.